The van der Waals surface area contributed by atoms with Crippen LogP contribution in [0.25, 0.3) is 0 Å². The number of aromatic nitrogens is 7. The minimum absolute atomic E-state index is 0.307. The Kier molecular flexibility index (Phi) is 4.97. The van der Waals surface area contributed by atoms with Crippen LogP contribution in [-0.4, -0.2) is 53.6 Å². The predicted octanol–water partition coefficient (Wildman–Crippen LogP) is 1.54. The van der Waals surface area contributed by atoms with Crippen molar-refractivity contribution in [3.05, 3.63) is 36.4 Å². The summed E-state index contributed by atoms with van der Waals surface area (Å²) in [7, 11) is 2.04. The Bertz CT molecular complexity index is 905. The lowest BCUT2D eigenvalue weighted by Gasteiger charge is -2.33. The van der Waals surface area contributed by atoms with Gasteiger partial charge in [-0.15, -0.1) is 10.2 Å². The first kappa shape index (κ1) is 17.8. The van der Waals surface area contributed by atoms with E-state index < -0.39 is 0 Å². The highest BCUT2D eigenvalue weighted by Crippen LogP contribution is 2.29. The van der Waals surface area contributed by atoms with Crippen LogP contribution in [0.15, 0.2) is 29.9 Å². The van der Waals surface area contributed by atoms with Crippen molar-refractivity contribution in [1.82, 2.24) is 34.3 Å². The first-order valence-electron chi connectivity index (χ1n) is 8.91. The maximum absolute atomic E-state index is 5.95. The highest BCUT2D eigenvalue weighted by Gasteiger charge is 2.27. The van der Waals surface area contributed by atoms with Gasteiger partial charge in [0.25, 0.3) is 0 Å². The van der Waals surface area contributed by atoms with E-state index in [9.17, 15) is 0 Å². The van der Waals surface area contributed by atoms with Gasteiger partial charge in [-0.1, -0.05) is 11.8 Å². The molecule has 142 valence electrons. The van der Waals surface area contributed by atoms with Crippen molar-refractivity contribution in [3.8, 4) is 0 Å². The Morgan fingerprint density at radius 2 is 2.19 bits per heavy atom. The van der Waals surface area contributed by atoms with Crippen LogP contribution in [0.5, 0.6) is 0 Å². The van der Waals surface area contributed by atoms with Crippen LogP contribution in [0.3, 0.4) is 0 Å². The molecular weight excluding hydrogens is 362 g/mol. The molecule has 10 heteroatoms. The molecule has 0 spiro atoms. The van der Waals surface area contributed by atoms with Crippen LogP contribution in [0.1, 0.15) is 30.4 Å². The monoisotopic (exact) mass is 385 g/mol. The van der Waals surface area contributed by atoms with Gasteiger partial charge in [-0.05, 0) is 19.1 Å². The highest BCUT2D eigenvalue weighted by molar-refractivity contribution is 7.98. The topological polar surface area (TPSA) is 104 Å². The summed E-state index contributed by atoms with van der Waals surface area (Å²) in [6.07, 6.45) is 9.61. The molecular formula is C17H23N9S. The van der Waals surface area contributed by atoms with E-state index in [1.807, 2.05) is 30.1 Å². The number of rotatable bonds is 5. The second-order valence-corrected chi connectivity index (χ2v) is 7.46. The molecule has 1 saturated heterocycles. The summed E-state index contributed by atoms with van der Waals surface area (Å²) in [5.41, 5.74) is 5.95. The molecule has 1 atom stereocenters. The maximum Gasteiger partial charge on any atom is 0.191 e. The average Bonchev–Trinajstić information content (AvgIpc) is 3.32. The fourth-order valence-electron chi connectivity index (χ4n) is 3.49. The van der Waals surface area contributed by atoms with E-state index in [1.165, 1.54) is 11.8 Å². The number of imidazole rings is 1. The molecule has 0 bridgehead atoms. The van der Waals surface area contributed by atoms with E-state index in [1.54, 1.807) is 12.5 Å². The number of hydrogen-bond acceptors (Lipinski definition) is 8. The van der Waals surface area contributed by atoms with Crippen LogP contribution in [-0.2, 0) is 13.6 Å². The van der Waals surface area contributed by atoms with Crippen molar-refractivity contribution >= 4 is 23.4 Å². The maximum atomic E-state index is 5.95. The molecule has 0 saturated carbocycles. The predicted molar refractivity (Wildman–Crippen MR) is 105 cm³/mol. The van der Waals surface area contributed by atoms with E-state index in [4.69, 9.17) is 5.73 Å². The lowest BCUT2D eigenvalue weighted by molar-refractivity contribution is 0.475. The van der Waals surface area contributed by atoms with Crippen molar-refractivity contribution in [2.75, 3.05) is 30.0 Å². The molecule has 1 aliphatic rings. The summed E-state index contributed by atoms with van der Waals surface area (Å²) < 4.78 is 4.10. The minimum Gasteiger partial charge on any atom is -0.383 e. The third kappa shape index (κ3) is 3.75. The zero-order valence-electron chi connectivity index (χ0n) is 15.5. The van der Waals surface area contributed by atoms with Gasteiger partial charge in [0, 0.05) is 44.5 Å². The summed E-state index contributed by atoms with van der Waals surface area (Å²) in [5, 5.41) is 9.59. The van der Waals surface area contributed by atoms with Gasteiger partial charge in [-0.25, -0.2) is 15.0 Å². The van der Waals surface area contributed by atoms with Crippen molar-refractivity contribution in [3.63, 3.8) is 0 Å². The van der Waals surface area contributed by atoms with Crippen LogP contribution >= 0.6 is 11.8 Å². The van der Waals surface area contributed by atoms with E-state index in [0.717, 1.165) is 43.4 Å². The number of thioether (sulfide) groups is 1. The molecule has 4 heterocycles. The van der Waals surface area contributed by atoms with Crippen molar-refractivity contribution in [1.29, 1.82) is 0 Å². The summed E-state index contributed by atoms with van der Waals surface area (Å²) in [4.78, 5) is 15.2. The van der Waals surface area contributed by atoms with Gasteiger partial charge in [-0.2, -0.15) is 0 Å². The first-order chi connectivity index (χ1) is 13.1. The largest absolute Gasteiger partial charge is 0.383 e. The summed E-state index contributed by atoms with van der Waals surface area (Å²) in [5.74, 6) is 3.64. The first-order valence-corrected chi connectivity index (χ1v) is 10.1. The van der Waals surface area contributed by atoms with Crippen LogP contribution in [0.4, 0.5) is 11.6 Å². The lowest BCUT2D eigenvalue weighted by atomic mass is 9.97. The van der Waals surface area contributed by atoms with Crippen LogP contribution < -0.4 is 10.6 Å². The number of anilines is 2. The van der Waals surface area contributed by atoms with E-state index >= 15 is 0 Å². The zero-order chi connectivity index (χ0) is 18.8. The third-order valence-electron chi connectivity index (χ3n) is 4.89. The highest BCUT2D eigenvalue weighted by atomic mass is 32.2. The Hall–Kier alpha value is -2.62. The molecule has 0 aliphatic carbocycles. The van der Waals surface area contributed by atoms with Gasteiger partial charge in [0.05, 0.1) is 12.9 Å². The summed E-state index contributed by atoms with van der Waals surface area (Å²) >= 11 is 1.50. The van der Waals surface area contributed by atoms with E-state index in [-0.39, 0.29) is 0 Å². The molecule has 9 nitrogen and oxygen atoms in total. The van der Waals surface area contributed by atoms with Gasteiger partial charge in [0.1, 0.15) is 17.5 Å². The number of piperidine rings is 1. The quantitative estimate of drug-likeness (QED) is 0.521. The lowest BCUT2D eigenvalue weighted by Crippen LogP contribution is -2.36. The zero-order valence-corrected chi connectivity index (χ0v) is 16.3. The molecule has 0 aromatic carbocycles. The fourth-order valence-corrected chi connectivity index (χ4v) is 3.87. The second kappa shape index (κ2) is 7.55. The van der Waals surface area contributed by atoms with Gasteiger partial charge < -0.3 is 19.8 Å². The second-order valence-electron chi connectivity index (χ2n) is 6.69. The molecule has 4 rings (SSSR count). The van der Waals surface area contributed by atoms with E-state index in [0.29, 0.717) is 23.4 Å². The van der Waals surface area contributed by atoms with Gasteiger partial charge in [0.15, 0.2) is 11.0 Å². The standard InChI is InChI=1S/C17H23N9S/c1-24-15(10-25-7-5-19-11-25)22-23-16(24)12-4-3-6-26(9-12)14-8-13(18)20-17(21-14)27-2/h5,7-8,11-12H,3-4,6,9-10H2,1-2H3,(H2,18,20,21)/t12-/m1/s1. The molecule has 0 unspecified atom stereocenters. The molecule has 0 radical (unpaired) electrons. The SMILES string of the molecule is CSc1nc(N)cc(N2CCC[C@@H](c3nnc(Cn4ccnc4)n3C)C2)n1. The average molecular weight is 386 g/mol. The Labute approximate surface area is 162 Å². The molecule has 2 N–H and O–H groups in total. The number of hydrogen-bond donors (Lipinski definition) is 1. The molecule has 3 aromatic rings. The molecule has 1 fully saturated rings. The van der Waals surface area contributed by atoms with Crippen molar-refractivity contribution < 1.29 is 0 Å². The van der Waals surface area contributed by atoms with Gasteiger partial charge >= 0.3 is 0 Å². The van der Waals surface area contributed by atoms with Crippen molar-refractivity contribution in [2.45, 2.75) is 30.5 Å². The summed E-state index contributed by atoms with van der Waals surface area (Å²) in [6.45, 7) is 2.47. The Morgan fingerprint density at radius 1 is 1.30 bits per heavy atom. The fraction of sp³-hybridized carbons (Fsp3) is 0.471. The molecule has 0 amide bonds. The number of nitrogens with two attached hydrogens (primary N) is 1. The summed E-state index contributed by atoms with van der Waals surface area (Å²) in [6, 6.07) is 1.85. The van der Waals surface area contributed by atoms with Crippen LogP contribution in [0, 0.1) is 0 Å². The normalized spacial score (nSPS) is 17.4. The molecule has 1 aliphatic heterocycles. The van der Waals surface area contributed by atoms with Gasteiger partial charge in [-0.3, -0.25) is 0 Å². The number of nitrogen functional groups attached to an aromatic ring is 1. The third-order valence-corrected chi connectivity index (χ3v) is 5.43. The van der Waals surface area contributed by atoms with E-state index in [2.05, 4.69) is 34.6 Å². The minimum atomic E-state index is 0.307. The smallest absolute Gasteiger partial charge is 0.191 e. The Morgan fingerprint density at radius 3 is 2.96 bits per heavy atom. The molecule has 3 aromatic heterocycles. The van der Waals surface area contributed by atoms with Crippen molar-refractivity contribution in [2.24, 2.45) is 7.05 Å². The molecule has 27 heavy (non-hydrogen) atoms. The van der Waals surface area contributed by atoms with Gasteiger partial charge in [0.2, 0.25) is 0 Å². The Balaban J connectivity index is 1.53. The van der Waals surface area contributed by atoms with Crippen LogP contribution in [0.2, 0.25) is 0 Å². The number of nitrogens with zero attached hydrogens (tertiary/aromatic N) is 8.